The molecular weight excluding hydrogens is 310 g/mol. The Morgan fingerprint density at radius 3 is 2.65 bits per heavy atom. The average molecular weight is 323 g/mol. The fraction of sp³-hybridized carbons (Fsp3) is 0.125. The summed E-state index contributed by atoms with van der Waals surface area (Å²) in [6, 6.07) is 15.4. The summed E-state index contributed by atoms with van der Waals surface area (Å²) in [7, 11) is 0. The zero-order chi connectivity index (χ0) is 15.6. The van der Waals surface area contributed by atoms with Gasteiger partial charge in [-0.3, -0.25) is 4.98 Å². The minimum Gasteiger partial charge on any atom is -0.483 e. The third-order valence-corrected chi connectivity index (χ3v) is 4.36. The van der Waals surface area contributed by atoms with E-state index < -0.39 is 0 Å². The molecule has 114 valence electrons. The Labute approximate surface area is 136 Å². The van der Waals surface area contributed by atoms with Crippen LogP contribution in [0.25, 0.3) is 16.5 Å². The van der Waals surface area contributed by atoms with Crippen LogP contribution in [0.3, 0.4) is 0 Å². The molecule has 0 unspecified atom stereocenters. The third kappa shape index (κ3) is 2.66. The van der Waals surface area contributed by atoms with Crippen molar-refractivity contribution in [3.05, 3.63) is 59.7 Å². The minimum atomic E-state index is -0.166. The monoisotopic (exact) mass is 323 g/mol. The lowest BCUT2D eigenvalue weighted by molar-refractivity contribution is 0.225. The summed E-state index contributed by atoms with van der Waals surface area (Å²) in [6.45, 7) is 1.97. The predicted molar refractivity (Wildman–Crippen MR) is 87.4 cm³/mol. The first-order valence-corrected chi connectivity index (χ1v) is 7.98. The number of aromatic nitrogens is 5. The smallest absolute Gasteiger partial charge is 0.235 e. The van der Waals surface area contributed by atoms with E-state index in [1.54, 1.807) is 10.7 Å². The maximum absolute atomic E-state index is 5.92. The van der Waals surface area contributed by atoms with E-state index in [2.05, 4.69) is 20.3 Å². The molecule has 0 aliphatic carbocycles. The van der Waals surface area contributed by atoms with E-state index in [0.29, 0.717) is 5.82 Å². The Morgan fingerprint density at radius 1 is 1.04 bits per heavy atom. The van der Waals surface area contributed by atoms with Crippen LogP contribution in [0.2, 0.25) is 0 Å². The van der Waals surface area contributed by atoms with Crippen LogP contribution in [-0.4, -0.2) is 24.8 Å². The molecule has 4 rings (SSSR count). The molecule has 1 aromatic carbocycles. The number of rotatable bonds is 4. The number of para-hydroxylation sites is 1. The SMILES string of the molecule is C[C@@H](Oc1ccccc1)c1nn2c(-c3ccccn3)nnc2s1. The molecule has 4 aromatic rings. The van der Waals surface area contributed by atoms with Gasteiger partial charge in [0.05, 0.1) is 0 Å². The molecule has 3 heterocycles. The van der Waals surface area contributed by atoms with Gasteiger partial charge in [0, 0.05) is 6.20 Å². The molecule has 0 fully saturated rings. The van der Waals surface area contributed by atoms with Gasteiger partial charge in [-0.05, 0) is 31.2 Å². The van der Waals surface area contributed by atoms with Gasteiger partial charge < -0.3 is 4.74 Å². The Balaban J connectivity index is 1.66. The molecule has 0 saturated heterocycles. The lowest BCUT2D eigenvalue weighted by Gasteiger charge is -2.11. The molecule has 0 spiro atoms. The molecular formula is C16H13N5OS. The van der Waals surface area contributed by atoms with Gasteiger partial charge in [-0.1, -0.05) is 35.6 Å². The molecule has 0 bridgehead atoms. The number of nitrogens with zero attached hydrogens (tertiary/aromatic N) is 5. The van der Waals surface area contributed by atoms with Crippen LogP contribution < -0.4 is 4.74 Å². The maximum Gasteiger partial charge on any atom is 0.235 e. The van der Waals surface area contributed by atoms with Crippen molar-refractivity contribution in [1.82, 2.24) is 24.8 Å². The number of hydrogen-bond donors (Lipinski definition) is 0. The van der Waals surface area contributed by atoms with E-state index in [4.69, 9.17) is 4.74 Å². The average Bonchev–Trinajstić information content (AvgIpc) is 3.17. The van der Waals surface area contributed by atoms with Gasteiger partial charge in [-0.25, -0.2) is 0 Å². The van der Waals surface area contributed by atoms with Crippen LogP contribution in [0, 0.1) is 0 Å². The van der Waals surface area contributed by atoms with E-state index in [0.717, 1.165) is 21.4 Å². The van der Waals surface area contributed by atoms with Crippen molar-refractivity contribution in [3.8, 4) is 17.3 Å². The lowest BCUT2D eigenvalue weighted by atomic mass is 10.3. The molecule has 0 N–H and O–H groups in total. The second-order valence-electron chi connectivity index (χ2n) is 4.95. The molecule has 6 nitrogen and oxygen atoms in total. The summed E-state index contributed by atoms with van der Waals surface area (Å²) in [5.41, 5.74) is 0.744. The molecule has 0 saturated carbocycles. The number of ether oxygens (including phenoxy) is 1. The number of fused-ring (bicyclic) bond motifs is 1. The van der Waals surface area contributed by atoms with Gasteiger partial charge >= 0.3 is 0 Å². The van der Waals surface area contributed by atoms with Crippen LogP contribution in [-0.2, 0) is 0 Å². The number of pyridine rings is 1. The second-order valence-corrected chi connectivity index (χ2v) is 5.93. The molecule has 23 heavy (non-hydrogen) atoms. The molecule has 0 amide bonds. The van der Waals surface area contributed by atoms with Gasteiger partial charge in [0.1, 0.15) is 17.5 Å². The first-order chi connectivity index (χ1) is 11.3. The largest absolute Gasteiger partial charge is 0.483 e. The van der Waals surface area contributed by atoms with Crippen LogP contribution >= 0.6 is 11.3 Å². The van der Waals surface area contributed by atoms with Crippen molar-refractivity contribution < 1.29 is 4.74 Å². The summed E-state index contributed by atoms with van der Waals surface area (Å²) in [5, 5.41) is 13.8. The van der Waals surface area contributed by atoms with Gasteiger partial charge in [-0.2, -0.15) is 9.61 Å². The fourth-order valence-corrected chi connectivity index (χ4v) is 3.02. The van der Waals surface area contributed by atoms with Crippen molar-refractivity contribution in [2.45, 2.75) is 13.0 Å². The number of benzene rings is 1. The Hall–Kier alpha value is -2.80. The van der Waals surface area contributed by atoms with Crippen molar-refractivity contribution >= 4 is 16.3 Å². The lowest BCUT2D eigenvalue weighted by Crippen LogP contribution is -2.04. The van der Waals surface area contributed by atoms with Crippen molar-refractivity contribution in [2.24, 2.45) is 0 Å². The van der Waals surface area contributed by atoms with Crippen LogP contribution in [0.5, 0.6) is 5.75 Å². The molecule has 0 aliphatic rings. The molecule has 0 aliphatic heterocycles. The highest BCUT2D eigenvalue weighted by atomic mass is 32.1. The standard InChI is InChI=1S/C16H13N5OS/c1-11(22-12-7-3-2-4-8-12)15-20-21-14(18-19-16(21)23-15)13-9-5-6-10-17-13/h2-11H,1H3/t11-/m1/s1. The van der Waals surface area contributed by atoms with E-state index in [9.17, 15) is 0 Å². The topological polar surface area (TPSA) is 65.2 Å². The van der Waals surface area contributed by atoms with Gasteiger partial charge in [0.2, 0.25) is 10.8 Å². The van der Waals surface area contributed by atoms with Crippen LogP contribution in [0.15, 0.2) is 54.7 Å². The maximum atomic E-state index is 5.92. The van der Waals surface area contributed by atoms with Gasteiger partial charge in [0.25, 0.3) is 0 Å². The van der Waals surface area contributed by atoms with E-state index in [-0.39, 0.29) is 6.10 Å². The Kier molecular flexibility index (Phi) is 3.47. The van der Waals surface area contributed by atoms with Gasteiger partial charge in [0.15, 0.2) is 5.01 Å². The molecule has 3 aromatic heterocycles. The van der Waals surface area contributed by atoms with Crippen LogP contribution in [0.1, 0.15) is 18.0 Å². The Bertz CT molecular complexity index is 919. The van der Waals surface area contributed by atoms with Crippen molar-refractivity contribution in [3.63, 3.8) is 0 Å². The highest BCUT2D eigenvalue weighted by Crippen LogP contribution is 2.27. The number of hydrogen-bond acceptors (Lipinski definition) is 6. The normalized spacial score (nSPS) is 12.4. The minimum absolute atomic E-state index is 0.166. The van der Waals surface area contributed by atoms with Crippen molar-refractivity contribution in [1.29, 1.82) is 0 Å². The van der Waals surface area contributed by atoms with Crippen molar-refractivity contribution in [2.75, 3.05) is 0 Å². The first-order valence-electron chi connectivity index (χ1n) is 7.16. The Morgan fingerprint density at radius 2 is 1.87 bits per heavy atom. The third-order valence-electron chi connectivity index (χ3n) is 3.30. The van der Waals surface area contributed by atoms with Crippen LogP contribution in [0.4, 0.5) is 0 Å². The summed E-state index contributed by atoms with van der Waals surface area (Å²) in [6.07, 6.45) is 1.56. The molecule has 0 radical (unpaired) electrons. The zero-order valence-electron chi connectivity index (χ0n) is 12.3. The summed E-state index contributed by atoms with van der Waals surface area (Å²) in [5.74, 6) is 1.45. The molecule has 1 atom stereocenters. The van der Waals surface area contributed by atoms with E-state index >= 15 is 0 Å². The molecule has 7 heteroatoms. The van der Waals surface area contributed by atoms with E-state index in [1.165, 1.54) is 11.3 Å². The summed E-state index contributed by atoms with van der Waals surface area (Å²) in [4.78, 5) is 5.03. The summed E-state index contributed by atoms with van der Waals surface area (Å²) >= 11 is 1.47. The van der Waals surface area contributed by atoms with Gasteiger partial charge in [-0.15, -0.1) is 10.2 Å². The quantitative estimate of drug-likeness (QED) is 0.576. The highest BCUT2D eigenvalue weighted by Gasteiger charge is 2.18. The summed E-state index contributed by atoms with van der Waals surface area (Å²) < 4.78 is 7.63. The second kappa shape index (κ2) is 5.77. The van der Waals surface area contributed by atoms with E-state index in [1.807, 2.05) is 55.5 Å². The predicted octanol–water partition coefficient (Wildman–Crippen LogP) is 3.39. The zero-order valence-corrected chi connectivity index (χ0v) is 13.1. The first kappa shape index (κ1) is 13.8. The highest BCUT2D eigenvalue weighted by molar-refractivity contribution is 7.16. The fourth-order valence-electron chi connectivity index (χ4n) is 2.20.